The Hall–Kier alpha value is -3.75. The van der Waals surface area contributed by atoms with E-state index in [0.29, 0.717) is 23.8 Å². The SMILES string of the molecule is CCN(CC)CCOc1ccc(Nc2cc3c(cn2)cc(-c2ccccc2)c(=O)n3C2CCN(C)CC2)nc1. The van der Waals surface area contributed by atoms with Crippen LogP contribution in [-0.4, -0.2) is 70.7 Å². The Balaban J connectivity index is 1.41. The van der Waals surface area contributed by atoms with Crippen LogP contribution in [0.4, 0.5) is 11.6 Å². The number of hydrogen-bond acceptors (Lipinski definition) is 7. The third-order valence-electron chi connectivity index (χ3n) is 7.62. The van der Waals surface area contributed by atoms with Crippen molar-refractivity contribution in [1.29, 1.82) is 0 Å². The molecule has 0 amide bonds. The molecular weight excluding hydrogens is 488 g/mol. The number of nitrogens with zero attached hydrogens (tertiary/aromatic N) is 5. The molecule has 8 heteroatoms. The Morgan fingerprint density at radius 3 is 2.41 bits per heavy atom. The fourth-order valence-corrected chi connectivity index (χ4v) is 5.24. The second-order valence-corrected chi connectivity index (χ2v) is 10.1. The van der Waals surface area contributed by atoms with E-state index in [1.54, 1.807) is 6.20 Å². The van der Waals surface area contributed by atoms with Crippen LogP contribution in [0.2, 0.25) is 0 Å². The van der Waals surface area contributed by atoms with E-state index < -0.39 is 0 Å². The van der Waals surface area contributed by atoms with E-state index >= 15 is 0 Å². The van der Waals surface area contributed by atoms with Gasteiger partial charge in [-0.3, -0.25) is 4.79 Å². The van der Waals surface area contributed by atoms with Gasteiger partial charge in [-0.1, -0.05) is 44.2 Å². The van der Waals surface area contributed by atoms with E-state index in [4.69, 9.17) is 4.74 Å². The van der Waals surface area contributed by atoms with Crippen molar-refractivity contribution in [1.82, 2.24) is 24.3 Å². The molecule has 0 atom stereocenters. The van der Waals surface area contributed by atoms with Crippen LogP contribution in [-0.2, 0) is 0 Å². The molecule has 4 aromatic rings. The summed E-state index contributed by atoms with van der Waals surface area (Å²) < 4.78 is 7.86. The van der Waals surface area contributed by atoms with Gasteiger partial charge in [0.2, 0.25) is 0 Å². The lowest BCUT2D eigenvalue weighted by atomic mass is 10.0. The maximum Gasteiger partial charge on any atom is 0.259 e. The molecule has 0 spiro atoms. The third kappa shape index (κ3) is 6.29. The molecule has 1 N–H and O–H groups in total. The first-order chi connectivity index (χ1) is 19.1. The van der Waals surface area contributed by atoms with Crippen molar-refractivity contribution >= 4 is 22.5 Å². The quantitative estimate of drug-likeness (QED) is 0.305. The summed E-state index contributed by atoms with van der Waals surface area (Å²) in [5.41, 5.74) is 2.58. The van der Waals surface area contributed by atoms with Gasteiger partial charge in [-0.25, -0.2) is 9.97 Å². The van der Waals surface area contributed by atoms with Gasteiger partial charge < -0.3 is 24.4 Å². The number of benzene rings is 1. The molecule has 0 unspecified atom stereocenters. The lowest BCUT2D eigenvalue weighted by Gasteiger charge is -2.31. The van der Waals surface area contributed by atoms with Crippen LogP contribution in [0.1, 0.15) is 32.7 Å². The van der Waals surface area contributed by atoms with Gasteiger partial charge in [0.15, 0.2) is 0 Å². The second-order valence-electron chi connectivity index (χ2n) is 10.1. The largest absolute Gasteiger partial charge is 0.491 e. The van der Waals surface area contributed by atoms with E-state index in [1.807, 2.05) is 65.4 Å². The van der Waals surface area contributed by atoms with Crippen LogP contribution in [0.25, 0.3) is 22.0 Å². The number of likely N-dealkylation sites (N-methyl/N-ethyl adjacent to an activating group) is 1. The molecule has 5 rings (SSSR count). The van der Waals surface area contributed by atoms with Crippen molar-refractivity contribution in [2.75, 3.05) is 51.7 Å². The molecule has 1 saturated heterocycles. The first-order valence-corrected chi connectivity index (χ1v) is 13.9. The third-order valence-corrected chi connectivity index (χ3v) is 7.62. The number of rotatable bonds is 10. The average Bonchev–Trinajstić information content (AvgIpc) is 2.97. The summed E-state index contributed by atoms with van der Waals surface area (Å²) in [6, 6.07) is 17.8. The summed E-state index contributed by atoms with van der Waals surface area (Å²) in [7, 11) is 2.14. The summed E-state index contributed by atoms with van der Waals surface area (Å²) in [6.45, 7) is 9.79. The van der Waals surface area contributed by atoms with Gasteiger partial charge in [-0.05, 0) is 69.8 Å². The molecule has 0 bridgehead atoms. The fraction of sp³-hybridized carbons (Fsp3) is 0.387. The molecule has 3 aromatic heterocycles. The van der Waals surface area contributed by atoms with Crippen molar-refractivity contribution in [3.63, 3.8) is 0 Å². The fourth-order valence-electron chi connectivity index (χ4n) is 5.24. The van der Waals surface area contributed by atoms with Gasteiger partial charge in [0, 0.05) is 35.8 Å². The number of pyridine rings is 3. The van der Waals surface area contributed by atoms with Crippen LogP contribution >= 0.6 is 0 Å². The minimum Gasteiger partial charge on any atom is -0.491 e. The number of aromatic nitrogens is 3. The Labute approximate surface area is 230 Å². The monoisotopic (exact) mass is 526 g/mol. The Morgan fingerprint density at radius 2 is 1.72 bits per heavy atom. The normalized spacial score (nSPS) is 14.7. The summed E-state index contributed by atoms with van der Waals surface area (Å²) in [4.78, 5) is 27.7. The molecule has 39 heavy (non-hydrogen) atoms. The highest BCUT2D eigenvalue weighted by Crippen LogP contribution is 2.29. The van der Waals surface area contributed by atoms with Crippen molar-refractivity contribution < 1.29 is 4.74 Å². The van der Waals surface area contributed by atoms with E-state index in [0.717, 1.165) is 67.8 Å². The lowest BCUT2D eigenvalue weighted by molar-refractivity contribution is 0.222. The molecule has 204 valence electrons. The summed E-state index contributed by atoms with van der Waals surface area (Å²) >= 11 is 0. The standard InChI is InChI=1S/C31H38N6O2/c1-4-36(5-2)17-18-39-26-11-12-29(33-22-26)34-30-20-28-24(21-32-30)19-27(23-9-7-6-8-10-23)31(38)37(28)25-13-15-35(3)16-14-25/h6-12,19-22,25H,4-5,13-18H2,1-3H3,(H,32,33,34). The minimum atomic E-state index is 0.0461. The van der Waals surface area contributed by atoms with Gasteiger partial charge in [0.05, 0.1) is 11.7 Å². The van der Waals surface area contributed by atoms with Crippen molar-refractivity contribution in [2.24, 2.45) is 0 Å². The molecule has 0 aliphatic carbocycles. The van der Waals surface area contributed by atoms with Crippen LogP contribution in [0.5, 0.6) is 5.75 Å². The van der Waals surface area contributed by atoms with Crippen molar-refractivity contribution in [3.8, 4) is 16.9 Å². The summed E-state index contributed by atoms with van der Waals surface area (Å²) in [5.74, 6) is 2.06. The van der Waals surface area contributed by atoms with E-state index in [-0.39, 0.29) is 11.6 Å². The molecule has 1 fully saturated rings. The van der Waals surface area contributed by atoms with Crippen molar-refractivity contribution in [2.45, 2.75) is 32.7 Å². The molecule has 0 saturated carbocycles. The molecule has 4 heterocycles. The highest BCUT2D eigenvalue weighted by molar-refractivity contribution is 5.85. The zero-order chi connectivity index (χ0) is 27.2. The van der Waals surface area contributed by atoms with Crippen molar-refractivity contribution in [3.05, 3.63) is 77.3 Å². The number of likely N-dealkylation sites (tertiary alicyclic amines) is 1. The van der Waals surface area contributed by atoms with E-state index in [9.17, 15) is 4.79 Å². The predicted molar refractivity (Wildman–Crippen MR) is 158 cm³/mol. The molecular formula is C31H38N6O2. The number of piperidine rings is 1. The molecule has 1 aliphatic rings. The highest BCUT2D eigenvalue weighted by atomic mass is 16.5. The van der Waals surface area contributed by atoms with Gasteiger partial charge >= 0.3 is 0 Å². The lowest BCUT2D eigenvalue weighted by Crippen LogP contribution is -2.36. The number of hydrogen-bond donors (Lipinski definition) is 1. The number of nitrogens with one attached hydrogen (secondary N) is 1. The van der Waals surface area contributed by atoms with Crippen LogP contribution in [0.15, 0.2) is 71.8 Å². The van der Waals surface area contributed by atoms with Crippen LogP contribution in [0.3, 0.4) is 0 Å². The van der Waals surface area contributed by atoms with E-state index in [2.05, 4.69) is 46.0 Å². The molecule has 1 aromatic carbocycles. The van der Waals surface area contributed by atoms with Crippen LogP contribution in [0, 0.1) is 0 Å². The van der Waals surface area contributed by atoms with E-state index in [1.165, 1.54) is 0 Å². The first kappa shape index (κ1) is 26.8. The summed E-state index contributed by atoms with van der Waals surface area (Å²) in [5, 5.41) is 4.26. The Kier molecular flexibility index (Phi) is 8.54. The average molecular weight is 527 g/mol. The Morgan fingerprint density at radius 1 is 0.974 bits per heavy atom. The number of ether oxygens (including phenoxy) is 1. The first-order valence-electron chi connectivity index (χ1n) is 13.9. The zero-order valence-electron chi connectivity index (χ0n) is 23.1. The topological polar surface area (TPSA) is 75.5 Å². The number of anilines is 2. The summed E-state index contributed by atoms with van der Waals surface area (Å²) in [6.07, 6.45) is 5.45. The zero-order valence-corrected chi connectivity index (χ0v) is 23.1. The maximum absolute atomic E-state index is 13.9. The number of fused-ring (bicyclic) bond motifs is 1. The second kappa shape index (κ2) is 12.4. The maximum atomic E-state index is 13.9. The molecule has 0 radical (unpaired) electrons. The predicted octanol–water partition coefficient (Wildman–Crippen LogP) is 5.19. The van der Waals surface area contributed by atoms with Crippen LogP contribution < -0.4 is 15.6 Å². The van der Waals surface area contributed by atoms with Gasteiger partial charge in [0.25, 0.3) is 5.56 Å². The Bertz CT molecular complexity index is 1430. The highest BCUT2D eigenvalue weighted by Gasteiger charge is 2.23. The minimum absolute atomic E-state index is 0.0461. The van der Waals surface area contributed by atoms with Gasteiger partial charge in [-0.15, -0.1) is 0 Å². The van der Waals surface area contributed by atoms with Gasteiger partial charge in [0.1, 0.15) is 24.0 Å². The molecule has 8 nitrogen and oxygen atoms in total. The van der Waals surface area contributed by atoms with Gasteiger partial charge in [-0.2, -0.15) is 0 Å². The molecule has 1 aliphatic heterocycles. The smallest absolute Gasteiger partial charge is 0.259 e.